The Morgan fingerprint density at radius 2 is 2.16 bits per heavy atom. The summed E-state index contributed by atoms with van der Waals surface area (Å²) in [5.41, 5.74) is 0.100. The van der Waals surface area contributed by atoms with Gasteiger partial charge in [-0.2, -0.15) is 0 Å². The van der Waals surface area contributed by atoms with E-state index >= 15 is 0 Å². The minimum atomic E-state index is -0.965. The summed E-state index contributed by atoms with van der Waals surface area (Å²) in [6.07, 6.45) is -0.899. The van der Waals surface area contributed by atoms with E-state index in [1.807, 2.05) is 6.92 Å². The summed E-state index contributed by atoms with van der Waals surface area (Å²) >= 11 is 0. The molecule has 3 N–H and O–H groups in total. The van der Waals surface area contributed by atoms with E-state index in [1.165, 1.54) is 4.90 Å². The minimum absolute atomic E-state index is 0.0298. The molecular formula is C12H16FN3O3. The molecule has 2 atom stereocenters. The quantitative estimate of drug-likeness (QED) is 0.709. The molecule has 0 spiro atoms. The molecule has 2 unspecified atom stereocenters. The Labute approximate surface area is 109 Å². The number of halogens is 1. The highest BCUT2D eigenvalue weighted by Gasteiger charge is 2.34. The zero-order chi connectivity index (χ0) is 14.0. The van der Waals surface area contributed by atoms with Crippen LogP contribution in [0.5, 0.6) is 0 Å². The average molecular weight is 269 g/mol. The van der Waals surface area contributed by atoms with E-state index in [-0.39, 0.29) is 18.7 Å². The lowest BCUT2D eigenvalue weighted by molar-refractivity contribution is 0.0572. The first kappa shape index (κ1) is 13.7. The highest BCUT2D eigenvalue weighted by Crippen LogP contribution is 2.19. The van der Waals surface area contributed by atoms with Crippen LogP contribution in [0.4, 0.5) is 10.2 Å². The molecule has 1 aromatic heterocycles. The highest BCUT2D eigenvalue weighted by molar-refractivity contribution is 5.99. The fourth-order valence-corrected chi connectivity index (χ4v) is 2.02. The summed E-state index contributed by atoms with van der Waals surface area (Å²) in [4.78, 5) is 17.4. The van der Waals surface area contributed by atoms with Gasteiger partial charge in [0.25, 0.3) is 5.91 Å². The third-order valence-electron chi connectivity index (χ3n) is 2.98. The number of hydrogen-bond donors (Lipinski definition) is 3. The molecule has 0 saturated carbocycles. The molecule has 0 radical (unpaired) electrons. The Morgan fingerprint density at radius 1 is 1.53 bits per heavy atom. The van der Waals surface area contributed by atoms with Gasteiger partial charge >= 0.3 is 0 Å². The molecule has 1 saturated heterocycles. The number of nitrogens with one attached hydrogen (secondary N) is 1. The summed E-state index contributed by atoms with van der Waals surface area (Å²) < 4.78 is 13.2. The second-order valence-electron chi connectivity index (χ2n) is 4.42. The number of aromatic nitrogens is 1. The Kier molecular flexibility index (Phi) is 3.96. The van der Waals surface area contributed by atoms with Crippen LogP contribution in [0.3, 0.4) is 0 Å². The molecule has 0 aromatic carbocycles. The zero-order valence-corrected chi connectivity index (χ0v) is 10.5. The van der Waals surface area contributed by atoms with Crippen LogP contribution in [0.1, 0.15) is 17.3 Å². The predicted octanol–water partition coefficient (Wildman–Crippen LogP) is -0.170. The van der Waals surface area contributed by atoms with Crippen LogP contribution >= 0.6 is 0 Å². The fourth-order valence-electron chi connectivity index (χ4n) is 2.02. The van der Waals surface area contributed by atoms with Crippen molar-refractivity contribution < 1.29 is 19.4 Å². The maximum atomic E-state index is 13.2. The number of rotatable bonds is 3. The van der Waals surface area contributed by atoms with Crippen molar-refractivity contribution in [3.63, 3.8) is 0 Å². The van der Waals surface area contributed by atoms with Gasteiger partial charge in [-0.1, -0.05) is 0 Å². The third kappa shape index (κ3) is 2.82. The highest BCUT2D eigenvalue weighted by atomic mass is 19.1. The monoisotopic (exact) mass is 269 g/mol. The molecule has 104 valence electrons. The number of aliphatic hydroxyl groups excluding tert-OH is 2. The van der Waals surface area contributed by atoms with E-state index < -0.39 is 23.9 Å². The van der Waals surface area contributed by atoms with Gasteiger partial charge < -0.3 is 20.4 Å². The second kappa shape index (κ2) is 5.50. The first-order valence-corrected chi connectivity index (χ1v) is 6.07. The van der Waals surface area contributed by atoms with Crippen molar-refractivity contribution in [2.24, 2.45) is 0 Å². The molecule has 2 heterocycles. The summed E-state index contributed by atoms with van der Waals surface area (Å²) in [5.74, 6) is -0.770. The van der Waals surface area contributed by atoms with Gasteiger partial charge in [-0.25, -0.2) is 9.37 Å². The van der Waals surface area contributed by atoms with Crippen molar-refractivity contribution in [2.45, 2.75) is 19.1 Å². The Balaban J connectivity index is 2.25. The maximum absolute atomic E-state index is 13.2. The zero-order valence-electron chi connectivity index (χ0n) is 10.5. The summed E-state index contributed by atoms with van der Waals surface area (Å²) in [5, 5.41) is 21.8. The fraction of sp³-hybridized carbons (Fsp3) is 0.500. The number of β-amino-alcohol motifs (C(OH)–C–C–N with tert-alkyl or cyclic N) is 2. The van der Waals surface area contributed by atoms with Crippen molar-refractivity contribution in [3.8, 4) is 0 Å². The van der Waals surface area contributed by atoms with E-state index in [9.17, 15) is 19.4 Å². The molecule has 0 aliphatic carbocycles. The topological polar surface area (TPSA) is 85.7 Å². The molecule has 0 bridgehead atoms. The molecule has 1 fully saturated rings. The first-order chi connectivity index (χ1) is 9.02. The summed E-state index contributed by atoms with van der Waals surface area (Å²) in [7, 11) is 0. The number of amides is 1. The Morgan fingerprint density at radius 3 is 2.74 bits per heavy atom. The number of carbonyl (C=O) groups is 1. The van der Waals surface area contributed by atoms with Crippen molar-refractivity contribution >= 4 is 11.7 Å². The SMILES string of the molecule is CCNc1ncc(F)cc1C(=O)N1CC(O)C(O)C1. The normalized spacial score (nSPS) is 22.6. The Hall–Kier alpha value is -1.73. The standard InChI is InChI=1S/C12H16FN3O3/c1-2-14-11-8(3-7(13)4-15-11)12(19)16-5-9(17)10(18)6-16/h3-4,9-10,17-18H,2,5-6H2,1H3,(H,14,15). The van der Waals surface area contributed by atoms with Gasteiger partial charge in [0.05, 0.1) is 24.0 Å². The molecule has 1 aliphatic rings. The van der Waals surface area contributed by atoms with Crippen LogP contribution in [0.15, 0.2) is 12.3 Å². The minimum Gasteiger partial charge on any atom is -0.388 e. The lowest BCUT2D eigenvalue weighted by atomic mass is 10.2. The van der Waals surface area contributed by atoms with E-state index in [0.717, 1.165) is 12.3 Å². The lowest BCUT2D eigenvalue weighted by Crippen LogP contribution is -2.30. The van der Waals surface area contributed by atoms with Gasteiger partial charge in [-0.3, -0.25) is 4.79 Å². The molecule has 1 aromatic rings. The number of pyridine rings is 1. The largest absolute Gasteiger partial charge is 0.388 e. The third-order valence-corrected chi connectivity index (χ3v) is 2.98. The van der Waals surface area contributed by atoms with Crippen molar-refractivity contribution in [1.82, 2.24) is 9.88 Å². The Bertz CT molecular complexity index is 473. The number of aliphatic hydroxyl groups is 2. The van der Waals surface area contributed by atoms with E-state index in [4.69, 9.17) is 0 Å². The van der Waals surface area contributed by atoms with Crippen LogP contribution in [-0.4, -0.2) is 57.8 Å². The lowest BCUT2D eigenvalue weighted by Gasteiger charge is -2.17. The van der Waals surface area contributed by atoms with Crippen LogP contribution in [0, 0.1) is 5.82 Å². The van der Waals surface area contributed by atoms with E-state index in [1.54, 1.807) is 0 Å². The molecule has 6 nitrogen and oxygen atoms in total. The number of nitrogens with zero attached hydrogens (tertiary/aromatic N) is 2. The van der Waals surface area contributed by atoms with Gasteiger partial charge in [0.15, 0.2) is 0 Å². The van der Waals surface area contributed by atoms with Crippen molar-refractivity contribution in [1.29, 1.82) is 0 Å². The van der Waals surface area contributed by atoms with Crippen molar-refractivity contribution in [3.05, 3.63) is 23.6 Å². The molecule has 7 heteroatoms. The average Bonchev–Trinajstić information content (AvgIpc) is 2.71. The van der Waals surface area contributed by atoms with E-state index in [0.29, 0.717) is 12.4 Å². The second-order valence-corrected chi connectivity index (χ2v) is 4.42. The molecule has 1 aliphatic heterocycles. The van der Waals surface area contributed by atoms with E-state index in [2.05, 4.69) is 10.3 Å². The number of likely N-dealkylation sites (tertiary alicyclic amines) is 1. The van der Waals surface area contributed by atoms with Gasteiger partial charge in [0.2, 0.25) is 0 Å². The smallest absolute Gasteiger partial charge is 0.257 e. The first-order valence-electron chi connectivity index (χ1n) is 6.07. The van der Waals surface area contributed by atoms with Crippen LogP contribution in [0.2, 0.25) is 0 Å². The molecule has 19 heavy (non-hydrogen) atoms. The summed E-state index contributed by atoms with van der Waals surface area (Å²) in [6.45, 7) is 2.44. The van der Waals surface area contributed by atoms with Crippen molar-refractivity contribution in [2.75, 3.05) is 25.0 Å². The predicted molar refractivity (Wildman–Crippen MR) is 66.3 cm³/mol. The maximum Gasteiger partial charge on any atom is 0.257 e. The van der Waals surface area contributed by atoms with Gasteiger partial charge in [-0.15, -0.1) is 0 Å². The number of anilines is 1. The van der Waals surface area contributed by atoms with Gasteiger partial charge in [0, 0.05) is 19.6 Å². The molecule has 2 rings (SSSR count). The number of carbonyl (C=O) groups excluding carboxylic acids is 1. The van der Waals surface area contributed by atoms with Crippen LogP contribution < -0.4 is 5.32 Å². The molecule has 1 amide bonds. The summed E-state index contributed by atoms with van der Waals surface area (Å²) in [6, 6.07) is 1.10. The molecular weight excluding hydrogens is 253 g/mol. The van der Waals surface area contributed by atoms with Crippen LogP contribution in [0.25, 0.3) is 0 Å². The number of hydrogen-bond acceptors (Lipinski definition) is 5. The van der Waals surface area contributed by atoms with Gasteiger partial charge in [-0.05, 0) is 13.0 Å². The van der Waals surface area contributed by atoms with Gasteiger partial charge in [0.1, 0.15) is 11.6 Å². The van der Waals surface area contributed by atoms with Crippen LogP contribution in [-0.2, 0) is 0 Å².